The Kier molecular flexibility index (Phi) is 6.69. The summed E-state index contributed by atoms with van der Waals surface area (Å²) in [5, 5.41) is 3.45. The number of nitrogens with zero attached hydrogens (tertiary/aromatic N) is 1. The summed E-state index contributed by atoms with van der Waals surface area (Å²) in [6.07, 6.45) is 6.92. The molecule has 0 aliphatic carbocycles. The molecule has 1 aliphatic rings. The molecule has 0 spiro atoms. The number of unbranched alkanes of at least 4 members (excludes halogenated alkanes) is 2. The molecule has 3 nitrogen and oxygen atoms in total. The molecule has 2 atom stereocenters. The van der Waals surface area contributed by atoms with E-state index in [2.05, 4.69) is 37.9 Å². The summed E-state index contributed by atoms with van der Waals surface area (Å²) in [5.41, 5.74) is 0. The molecule has 3 heteroatoms. The van der Waals surface area contributed by atoms with Crippen molar-refractivity contribution in [2.75, 3.05) is 6.54 Å². The monoisotopic (exact) mass is 254 g/mol. The summed E-state index contributed by atoms with van der Waals surface area (Å²) < 4.78 is 0. The minimum absolute atomic E-state index is 0.0535. The van der Waals surface area contributed by atoms with Gasteiger partial charge in [0.2, 0.25) is 5.91 Å². The Morgan fingerprint density at radius 2 is 2.06 bits per heavy atom. The molecule has 106 valence electrons. The number of piperidine rings is 1. The van der Waals surface area contributed by atoms with Crippen LogP contribution in [0.1, 0.15) is 66.2 Å². The average molecular weight is 254 g/mol. The summed E-state index contributed by atoms with van der Waals surface area (Å²) >= 11 is 0. The molecule has 0 saturated carbocycles. The summed E-state index contributed by atoms with van der Waals surface area (Å²) in [6, 6.07) is 0.850. The highest BCUT2D eigenvalue weighted by Crippen LogP contribution is 2.16. The SMILES string of the molecule is CCCCCN(C(=O)C1CCCC(C)N1)C(C)C. The summed E-state index contributed by atoms with van der Waals surface area (Å²) in [7, 11) is 0. The second-order valence-corrected chi connectivity index (χ2v) is 5.88. The molecule has 1 rings (SSSR count). The maximum absolute atomic E-state index is 12.5. The highest BCUT2D eigenvalue weighted by Gasteiger charge is 2.28. The molecule has 0 aromatic rings. The number of carbonyl (C=O) groups excluding carboxylic acids is 1. The van der Waals surface area contributed by atoms with Crippen LogP contribution in [-0.4, -0.2) is 35.5 Å². The zero-order valence-corrected chi connectivity index (χ0v) is 12.5. The molecule has 1 aliphatic heterocycles. The van der Waals surface area contributed by atoms with Gasteiger partial charge in [0, 0.05) is 18.6 Å². The zero-order chi connectivity index (χ0) is 13.5. The van der Waals surface area contributed by atoms with Crippen LogP contribution in [0.15, 0.2) is 0 Å². The van der Waals surface area contributed by atoms with E-state index in [1.165, 1.54) is 25.7 Å². The molecule has 1 heterocycles. The second-order valence-electron chi connectivity index (χ2n) is 5.88. The Morgan fingerprint density at radius 3 is 2.61 bits per heavy atom. The maximum Gasteiger partial charge on any atom is 0.239 e. The Morgan fingerprint density at radius 1 is 1.33 bits per heavy atom. The van der Waals surface area contributed by atoms with E-state index in [4.69, 9.17) is 0 Å². The molecule has 0 bridgehead atoms. The zero-order valence-electron chi connectivity index (χ0n) is 12.5. The average Bonchev–Trinajstić information content (AvgIpc) is 2.33. The highest BCUT2D eigenvalue weighted by molar-refractivity contribution is 5.82. The van der Waals surface area contributed by atoms with Gasteiger partial charge in [-0.3, -0.25) is 4.79 Å². The van der Waals surface area contributed by atoms with E-state index >= 15 is 0 Å². The van der Waals surface area contributed by atoms with Gasteiger partial charge in [0.15, 0.2) is 0 Å². The Bertz CT molecular complexity index is 253. The normalized spacial score (nSPS) is 24.3. The maximum atomic E-state index is 12.5. The standard InChI is InChI=1S/C15H30N2O/c1-5-6-7-11-17(12(2)3)15(18)14-10-8-9-13(4)16-14/h12-14,16H,5-11H2,1-4H3. The fourth-order valence-electron chi connectivity index (χ4n) is 2.69. The molecule has 0 aromatic heterocycles. The molecule has 1 amide bonds. The van der Waals surface area contributed by atoms with Crippen LogP contribution < -0.4 is 5.32 Å². The van der Waals surface area contributed by atoms with Gasteiger partial charge in [-0.25, -0.2) is 0 Å². The van der Waals surface area contributed by atoms with E-state index < -0.39 is 0 Å². The number of hydrogen-bond acceptors (Lipinski definition) is 2. The van der Waals surface area contributed by atoms with Crippen LogP contribution in [0.2, 0.25) is 0 Å². The number of carbonyl (C=O) groups is 1. The summed E-state index contributed by atoms with van der Waals surface area (Å²) in [6.45, 7) is 9.53. The Labute approximate surface area is 112 Å². The predicted octanol–water partition coefficient (Wildman–Crippen LogP) is 2.94. The molecule has 2 unspecified atom stereocenters. The van der Waals surface area contributed by atoms with Gasteiger partial charge in [-0.1, -0.05) is 19.8 Å². The number of nitrogens with one attached hydrogen (secondary N) is 1. The van der Waals surface area contributed by atoms with Gasteiger partial charge < -0.3 is 10.2 Å². The van der Waals surface area contributed by atoms with Crippen molar-refractivity contribution in [2.24, 2.45) is 0 Å². The Hall–Kier alpha value is -0.570. The van der Waals surface area contributed by atoms with Crippen molar-refractivity contribution in [3.8, 4) is 0 Å². The van der Waals surface area contributed by atoms with E-state index in [-0.39, 0.29) is 6.04 Å². The van der Waals surface area contributed by atoms with Crippen LogP contribution in [0.3, 0.4) is 0 Å². The van der Waals surface area contributed by atoms with Crippen LogP contribution in [0.25, 0.3) is 0 Å². The molecule has 18 heavy (non-hydrogen) atoms. The van der Waals surface area contributed by atoms with E-state index in [1.807, 2.05) is 0 Å². The van der Waals surface area contributed by atoms with Gasteiger partial charge in [0.05, 0.1) is 6.04 Å². The molecule has 1 saturated heterocycles. The Balaban J connectivity index is 2.52. The fourth-order valence-corrected chi connectivity index (χ4v) is 2.69. The van der Waals surface area contributed by atoms with Gasteiger partial charge in [0.25, 0.3) is 0 Å². The third kappa shape index (κ3) is 4.60. The lowest BCUT2D eigenvalue weighted by Crippen LogP contribution is -2.53. The van der Waals surface area contributed by atoms with Gasteiger partial charge in [-0.2, -0.15) is 0 Å². The fraction of sp³-hybridized carbons (Fsp3) is 0.933. The largest absolute Gasteiger partial charge is 0.339 e. The molecular formula is C15H30N2O. The van der Waals surface area contributed by atoms with E-state index in [1.54, 1.807) is 0 Å². The van der Waals surface area contributed by atoms with E-state index in [0.29, 0.717) is 18.0 Å². The van der Waals surface area contributed by atoms with Crippen LogP contribution in [0.4, 0.5) is 0 Å². The lowest BCUT2D eigenvalue weighted by atomic mass is 9.98. The number of amides is 1. The summed E-state index contributed by atoms with van der Waals surface area (Å²) in [4.78, 5) is 14.6. The van der Waals surface area contributed by atoms with Crippen molar-refractivity contribution >= 4 is 5.91 Å². The van der Waals surface area contributed by atoms with E-state index in [0.717, 1.165) is 19.4 Å². The first-order valence-electron chi connectivity index (χ1n) is 7.62. The van der Waals surface area contributed by atoms with Crippen molar-refractivity contribution in [3.63, 3.8) is 0 Å². The minimum Gasteiger partial charge on any atom is -0.339 e. The topological polar surface area (TPSA) is 32.3 Å². The minimum atomic E-state index is 0.0535. The molecule has 1 N–H and O–H groups in total. The first-order valence-corrected chi connectivity index (χ1v) is 7.62. The van der Waals surface area contributed by atoms with Gasteiger partial charge >= 0.3 is 0 Å². The predicted molar refractivity (Wildman–Crippen MR) is 76.6 cm³/mol. The van der Waals surface area contributed by atoms with Gasteiger partial charge in [-0.05, 0) is 46.5 Å². The van der Waals surface area contributed by atoms with Gasteiger partial charge in [-0.15, -0.1) is 0 Å². The van der Waals surface area contributed by atoms with Crippen molar-refractivity contribution in [1.82, 2.24) is 10.2 Å². The van der Waals surface area contributed by atoms with Crippen LogP contribution in [-0.2, 0) is 4.79 Å². The van der Waals surface area contributed by atoms with Crippen LogP contribution >= 0.6 is 0 Å². The third-order valence-corrected chi connectivity index (χ3v) is 3.82. The van der Waals surface area contributed by atoms with E-state index in [9.17, 15) is 4.79 Å². The second kappa shape index (κ2) is 7.78. The van der Waals surface area contributed by atoms with Crippen LogP contribution in [0.5, 0.6) is 0 Å². The number of rotatable bonds is 6. The summed E-state index contributed by atoms with van der Waals surface area (Å²) in [5.74, 6) is 0.313. The van der Waals surface area contributed by atoms with Crippen LogP contribution in [0, 0.1) is 0 Å². The first kappa shape index (κ1) is 15.5. The smallest absolute Gasteiger partial charge is 0.239 e. The van der Waals surface area contributed by atoms with Crippen molar-refractivity contribution < 1.29 is 4.79 Å². The molecule has 0 aromatic carbocycles. The molecule has 0 radical (unpaired) electrons. The quantitative estimate of drug-likeness (QED) is 0.739. The van der Waals surface area contributed by atoms with Gasteiger partial charge in [0.1, 0.15) is 0 Å². The van der Waals surface area contributed by atoms with Crippen molar-refractivity contribution in [2.45, 2.75) is 84.3 Å². The first-order chi connectivity index (χ1) is 8.56. The van der Waals surface area contributed by atoms with Crippen molar-refractivity contribution in [1.29, 1.82) is 0 Å². The molecule has 1 fully saturated rings. The lowest BCUT2D eigenvalue weighted by molar-refractivity contribution is -0.136. The van der Waals surface area contributed by atoms with Crippen molar-refractivity contribution in [3.05, 3.63) is 0 Å². The molecular weight excluding hydrogens is 224 g/mol. The third-order valence-electron chi connectivity index (χ3n) is 3.82. The highest BCUT2D eigenvalue weighted by atomic mass is 16.2. The lowest BCUT2D eigenvalue weighted by Gasteiger charge is -2.34. The number of hydrogen-bond donors (Lipinski definition) is 1.